The first kappa shape index (κ1) is 14.1. The highest BCUT2D eigenvalue weighted by Crippen LogP contribution is 2.13. The minimum absolute atomic E-state index is 0.161. The molecule has 0 aliphatic carbocycles. The maximum Gasteiger partial charge on any atom is 0.258 e. The molecule has 0 saturated carbocycles. The molecule has 0 saturated heterocycles. The first-order chi connectivity index (χ1) is 10.8. The minimum atomic E-state index is -0.161. The molecule has 1 heterocycles. The Morgan fingerprint density at radius 1 is 1.09 bits per heavy atom. The van der Waals surface area contributed by atoms with Gasteiger partial charge in [0.1, 0.15) is 0 Å². The summed E-state index contributed by atoms with van der Waals surface area (Å²) in [6, 6.07) is 17.6. The molecular formula is C18H17N3O. The molecule has 1 amide bonds. The Morgan fingerprint density at radius 2 is 1.82 bits per heavy atom. The second-order valence-electron chi connectivity index (χ2n) is 5.01. The number of aryl methyl sites for hydroxylation is 1. The number of carbonyl (C=O) groups is 1. The van der Waals surface area contributed by atoms with Crippen LogP contribution in [-0.4, -0.2) is 15.7 Å². The maximum absolute atomic E-state index is 12.2. The average Bonchev–Trinajstić information content (AvgIpc) is 3.06. The standard InChI is InChI=1S/C18H17N3O/c1-2-14-8-10-16(11-9-14)20-18(22)15-12-19-21(13-15)17-6-4-3-5-7-17/h3-13H,2H2,1H3,(H,20,22). The number of carbonyl (C=O) groups excluding carboxylic acids is 1. The van der Waals surface area contributed by atoms with Gasteiger partial charge >= 0.3 is 0 Å². The largest absolute Gasteiger partial charge is 0.322 e. The summed E-state index contributed by atoms with van der Waals surface area (Å²) < 4.78 is 1.69. The first-order valence-corrected chi connectivity index (χ1v) is 7.26. The smallest absolute Gasteiger partial charge is 0.258 e. The molecule has 4 nitrogen and oxygen atoms in total. The van der Waals surface area contributed by atoms with Gasteiger partial charge in [-0.1, -0.05) is 37.3 Å². The van der Waals surface area contributed by atoms with E-state index >= 15 is 0 Å². The number of aromatic nitrogens is 2. The van der Waals surface area contributed by atoms with Crippen molar-refractivity contribution in [3.05, 3.63) is 78.1 Å². The van der Waals surface area contributed by atoms with Crippen LogP contribution in [-0.2, 0) is 6.42 Å². The molecule has 0 bridgehead atoms. The van der Waals surface area contributed by atoms with Crippen LogP contribution in [0.2, 0.25) is 0 Å². The van der Waals surface area contributed by atoms with E-state index in [1.165, 1.54) is 5.56 Å². The molecule has 0 atom stereocenters. The molecule has 0 unspecified atom stereocenters. The lowest BCUT2D eigenvalue weighted by Crippen LogP contribution is -2.11. The van der Waals surface area contributed by atoms with E-state index in [-0.39, 0.29) is 5.91 Å². The van der Waals surface area contributed by atoms with Crippen molar-refractivity contribution in [2.45, 2.75) is 13.3 Å². The number of hydrogen-bond acceptors (Lipinski definition) is 2. The molecule has 1 aromatic heterocycles. The predicted molar refractivity (Wildman–Crippen MR) is 87.3 cm³/mol. The van der Waals surface area contributed by atoms with E-state index in [4.69, 9.17) is 0 Å². The number of amides is 1. The summed E-state index contributed by atoms with van der Waals surface area (Å²) in [7, 11) is 0. The molecule has 3 aromatic rings. The molecule has 0 spiro atoms. The second-order valence-corrected chi connectivity index (χ2v) is 5.01. The van der Waals surface area contributed by atoms with Crippen molar-refractivity contribution < 1.29 is 4.79 Å². The number of para-hydroxylation sites is 1. The Bertz CT molecular complexity index is 761. The fraction of sp³-hybridized carbons (Fsp3) is 0.111. The van der Waals surface area contributed by atoms with Gasteiger partial charge < -0.3 is 5.32 Å². The summed E-state index contributed by atoms with van der Waals surface area (Å²) in [4.78, 5) is 12.2. The Morgan fingerprint density at radius 3 is 2.50 bits per heavy atom. The topological polar surface area (TPSA) is 46.9 Å². The van der Waals surface area contributed by atoms with Crippen molar-refractivity contribution in [3.63, 3.8) is 0 Å². The highest BCUT2D eigenvalue weighted by Gasteiger charge is 2.09. The summed E-state index contributed by atoms with van der Waals surface area (Å²) in [6.07, 6.45) is 4.28. The first-order valence-electron chi connectivity index (χ1n) is 7.26. The molecule has 0 aliphatic heterocycles. The summed E-state index contributed by atoms with van der Waals surface area (Å²) in [5.41, 5.74) is 3.49. The molecular weight excluding hydrogens is 274 g/mol. The van der Waals surface area contributed by atoms with Crippen molar-refractivity contribution in [3.8, 4) is 5.69 Å². The van der Waals surface area contributed by atoms with Gasteiger partial charge in [0.2, 0.25) is 0 Å². The summed E-state index contributed by atoms with van der Waals surface area (Å²) in [5.74, 6) is -0.161. The lowest BCUT2D eigenvalue weighted by atomic mass is 10.1. The van der Waals surface area contributed by atoms with Crippen LogP contribution in [0.25, 0.3) is 5.69 Å². The van der Waals surface area contributed by atoms with Crippen LogP contribution in [0.1, 0.15) is 22.8 Å². The fourth-order valence-corrected chi connectivity index (χ4v) is 2.19. The predicted octanol–water partition coefficient (Wildman–Crippen LogP) is 3.69. The Kier molecular flexibility index (Phi) is 4.01. The maximum atomic E-state index is 12.2. The molecule has 4 heteroatoms. The van der Waals surface area contributed by atoms with E-state index in [9.17, 15) is 4.79 Å². The number of hydrogen-bond donors (Lipinski definition) is 1. The molecule has 0 radical (unpaired) electrons. The lowest BCUT2D eigenvalue weighted by Gasteiger charge is -2.04. The van der Waals surface area contributed by atoms with Crippen LogP contribution in [0, 0.1) is 0 Å². The van der Waals surface area contributed by atoms with Gasteiger partial charge in [-0.2, -0.15) is 5.10 Å². The van der Waals surface area contributed by atoms with Crippen molar-refractivity contribution >= 4 is 11.6 Å². The van der Waals surface area contributed by atoms with Crippen LogP contribution in [0.15, 0.2) is 67.0 Å². The Hall–Kier alpha value is -2.88. The normalized spacial score (nSPS) is 10.4. The quantitative estimate of drug-likeness (QED) is 0.797. The Labute approximate surface area is 129 Å². The Balaban J connectivity index is 1.74. The van der Waals surface area contributed by atoms with Gasteiger partial charge in [-0.15, -0.1) is 0 Å². The van der Waals surface area contributed by atoms with Gasteiger partial charge in [-0.3, -0.25) is 4.79 Å². The summed E-state index contributed by atoms with van der Waals surface area (Å²) >= 11 is 0. The second kappa shape index (κ2) is 6.26. The number of rotatable bonds is 4. The van der Waals surface area contributed by atoms with Crippen LogP contribution < -0.4 is 5.32 Å². The molecule has 3 rings (SSSR count). The zero-order valence-corrected chi connectivity index (χ0v) is 12.4. The van der Waals surface area contributed by atoms with E-state index in [0.29, 0.717) is 5.56 Å². The number of benzene rings is 2. The molecule has 1 N–H and O–H groups in total. The summed E-state index contributed by atoms with van der Waals surface area (Å²) in [5, 5.41) is 7.11. The van der Waals surface area contributed by atoms with E-state index in [2.05, 4.69) is 17.3 Å². The SMILES string of the molecule is CCc1ccc(NC(=O)c2cnn(-c3ccccc3)c2)cc1. The zero-order chi connectivity index (χ0) is 15.4. The van der Waals surface area contributed by atoms with Crippen molar-refractivity contribution in [2.24, 2.45) is 0 Å². The highest BCUT2D eigenvalue weighted by atomic mass is 16.1. The van der Waals surface area contributed by atoms with Gasteiger partial charge in [0.15, 0.2) is 0 Å². The summed E-state index contributed by atoms with van der Waals surface area (Å²) in [6.45, 7) is 2.10. The molecule has 2 aromatic carbocycles. The third-order valence-corrected chi connectivity index (χ3v) is 3.49. The fourth-order valence-electron chi connectivity index (χ4n) is 2.19. The van der Waals surface area contributed by atoms with Crippen molar-refractivity contribution in [1.82, 2.24) is 9.78 Å². The zero-order valence-electron chi connectivity index (χ0n) is 12.4. The van der Waals surface area contributed by atoms with Crippen LogP contribution in [0.3, 0.4) is 0 Å². The van der Waals surface area contributed by atoms with Gasteiger partial charge in [-0.25, -0.2) is 4.68 Å². The molecule has 110 valence electrons. The molecule has 22 heavy (non-hydrogen) atoms. The van der Waals surface area contributed by atoms with E-state index in [0.717, 1.165) is 17.8 Å². The highest BCUT2D eigenvalue weighted by molar-refractivity contribution is 6.03. The van der Waals surface area contributed by atoms with Gasteiger partial charge in [0, 0.05) is 11.9 Å². The van der Waals surface area contributed by atoms with Crippen LogP contribution in [0.4, 0.5) is 5.69 Å². The number of anilines is 1. The van der Waals surface area contributed by atoms with Crippen LogP contribution >= 0.6 is 0 Å². The van der Waals surface area contributed by atoms with E-state index in [1.54, 1.807) is 17.1 Å². The number of nitrogens with zero attached hydrogens (tertiary/aromatic N) is 2. The molecule has 0 aliphatic rings. The third-order valence-electron chi connectivity index (χ3n) is 3.49. The van der Waals surface area contributed by atoms with Gasteiger partial charge in [0.25, 0.3) is 5.91 Å². The van der Waals surface area contributed by atoms with Crippen molar-refractivity contribution in [1.29, 1.82) is 0 Å². The van der Waals surface area contributed by atoms with Gasteiger partial charge in [-0.05, 0) is 36.2 Å². The average molecular weight is 291 g/mol. The number of nitrogens with one attached hydrogen (secondary N) is 1. The van der Waals surface area contributed by atoms with Crippen molar-refractivity contribution in [2.75, 3.05) is 5.32 Å². The minimum Gasteiger partial charge on any atom is -0.322 e. The van der Waals surface area contributed by atoms with E-state index in [1.807, 2.05) is 54.6 Å². The third kappa shape index (κ3) is 3.06. The monoisotopic (exact) mass is 291 g/mol. The van der Waals surface area contributed by atoms with Gasteiger partial charge in [0.05, 0.1) is 17.4 Å². The van der Waals surface area contributed by atoms with E-state index < -0.39 is 0 Å². The molecule has 0 fully saturated rings. The lowest BCUT2D eigenvalue weighted by molar-refractivity contribution is 0.102. The van der Waals surface area contributed by atoms with Crippen LogP contribution in [0.5, 0.6) is 0 Å².